The van der Waals surface area contributed by atoms with E-state index in [1.165, 1.54) is 6.07 Å². The number of pyridine rings is 1. The second kappa shape index (κ2) is 8.63. The Morgan fingerprint density at radius 1 is 0.892 bits per heavy atom. The topological polar surface area (TPSA) is 65.6 Å². The fraction of sp³-hybridized carbons (Fsp3) is 0.346. The lowest BCUT2D eigenvalue weighted by molar-refractivity contribution is -0.376. The monoisotopic (exact) mass is 524 g/mol. The van der Waals surface area contributed by atoms with Gasteiger partial charge in [-0.05, 0) is 22.8 Å². The van der Waals surface area contributed by atoms with Crippen molar-refractivity contribution in [3.05, 3.63) is 87.7 Å². The Labute approximate surface area is 207 Å². The van der Waals surface area contributed by atoms with E-state index in [9.17, 15) is 36.2 Å². The van der Waals surface area contributed by atoms with E-state index in [2.05, 4.69) is 9.88 Å². The van der Waals surface area contributed by atoms with E-state index in [4.69, 9.17) is 4.74 Å². The third-order valence-corrected chi connectivity index (χ3v) is 7.01. The van der Waals surface area contributed by atoms with Gasteiger partial charge in [-0.15, -0.1) is 0 Å². The molecule has 3 aromatic rings. The summed E-state index contributed by atoms with van der Waals surface area (Å²) < 4.78 is 84.7. The molecule has 1 unspecified atom stereocenters. The zero-order valence-corrected chi connectivity index (χ0v) is 19.3. The molecule has 0 bridgehead atoms. The van der Waals surface area contributed by atoms with Crippen LogP contribution in [0.2, 0.25) is 0 Å². The molecule has 2 aliphatic heterocycles. The summed E-state index contributed by atoms with van der Waals surface area (Å²) in [5, 5.41) is 9.55. The van der Waals surface area contributed by atoms with Gasteiger partial charge in [0.25, 0.3) is 11.2 Å². The smallest absolute Gasteiger partial charge is 0.430 e. The number of halogens is 6. The van der Waals surface area contributed by atoms with Crippen molar-refractivity contribution < 1.29 is 36.2 Å². The maximum absolute atomic E-state index is 13.1. The average molecular weight is 524 g/mol. The Balaban J connectivity index is 1.26. The first kappa shape index (κ1) is 25.3. The molecule has 0 aliphatic carbocycles. The van der Waals surface area contributed by atoms with Crippen molar-refractivity contribution in [2.75, 3.05) is 13.1 Å². The van der Waals surface area contributed by atoms with Gasteiger partial charge in [-0.1, -0.05) is 48.5 Å². The largest absolute Gasteiger partial charge is 0.470 e. The average Bonchev–Trinajstić information content (AvgIpc) is 3.39. The number of aromatic amines is 1. The number of ether oxygens (including phenoxy) is 1. The second-order valence-corrected chi connectivity index (χ2v) is 9.58. The lowest BCUT2D eigenvalue weighted by Crippen LogP contribution is -2.53. The summed E-state index contributed by atoms with van der Waals surface area (Å²) in [6.45, 7) is 2.10. The van der Waals surface area contributed by atoms with E-state index in [1.807, 2.05) is 12.1 Å². The molecular weight excluding hydrogens is 502 g/mol. The van der Waals surface area contributed by atoms with Gasteiger partial charge in [0.1, 0.15) is 5.60 Å². The Morgan fingerprint density at radius 3 is 2.08 bits per heavy atom. The SMILES string of the molecule is O=c1ccc2c([nH]1)OC1(CCN(Cc3ccc(-c4ccc(C(O)(C(F)(F)F)C(F)(F)F)cc4)cc3)C1)C2. The summed E-state index contributed by atoms with van der Waals surface area (Å²) in [6, 6.07) is 14.0. The predicted octanol–water partition coefficient (Wildman–Crippen LogP) is 4.93. The number of H-pyrrole nitrogens is 1. The third kappa shape index (κ3) is 4.50. The molecule has 5 nitrogen and oxygen atoms in total. The highest BCUT2D eigenvalue weighted by Gasteiger charge is 2.71. The van der Waals surface area contributed by atoms with Gasteiger partial charge in [-0.25, -0.2) is 0 Å². The molecule has 0 amide bonds. The normalized spacial score (nSPS) is 20.3. The molecule has 1 atom stereocenters. The molecule has 1 spiro atoms. The lowest BCUT2D eigenvalue weighted by atomic mass is 9.90. The van der Waals surface area contributed by atoms with E-state index in [0.29, 0.717) is 48.6 Å². The van der Waals surface area contributed by atoms with Crippen LogP contribution in [0.3, 0.4) is 0 Å². The summed E-state index contributed by atoms with van der Waals surface area (Å²) in [7, 11) is 0. The van der Waals surface area contributed by atoms with Crippen LogP contribution in [0.4, 0.5) is 26.3 Å². The van der Waals surface area contributed by atoms with Crippen molar-refractivity contribution in [1.29, 1.82) is 0 Å². The van der Waals surface area contributed by atoms with Crippen molar-refractivity contribution >= 4 is 0 Å². The summed E-state index contributed by atoms with van der Waals surface area (Å²) in [5.41, 5.74) is -3.88. The van der Waals surface area contributed by atoms with Gasteiger partial charge < -0.3 is 9.84 Å². The first-order valence-corrected chi connectivity index (χ1v) is 11.5. The zero-order chi connectivity index (χ0) is 26.6. The number of hydrogen-bond donors (Lipinski definition) is 2. The van der Waals surface area contributed by atoms with Crippen LogP contribution in [0.5, 0.6) is 5.88 Å². The van der Waals surface area contributed by atoms with Gasteiger partial charge in [0, 0.05) is 49.7 Å². The molecule has 2 N–H and O–H groups in total. The minimum absolute atomic E-state index is 0.211. The van der Waals surface area contributed by atoms with E-state index in [0.717, 1.165) is 36.2 Å². The summed E-state index contributed by atoms with van der Waals surface area (Å²) in [4.78, 5) is 16.5. The minimum Gasteiger partial charge on any atom is -0.470 e. The maximum Gasteiger partial charge on any atom is 0.430 e. The number of fused-ring (bicyclic) bond motifs is 1. The minimum atomic E-state index is -5.92. The lowest BCUT2D eigenvalue weighted by Gasteiger charge is -2.32. The van der Waals surface area contributed by atoms with E-state index in [-0.39, 0.29) is 11.2 Å². The number of hydrogen-bond acceptors (Lipinski definition) is 4. The summed E-state index contributed by atoms with van der Waals surface area (Å²) in [5.74, 6) is 0.522. The van der Waals surface area contributed by atoms with Crippen LogP contribution in [0.25, 0.3) is 11.1 Å². The molecule has 5 rings (SSSR count). The van der Waals surface area contributed by atoms with Gasteiger partial charge in [-0.3, -0.25) is 14.7 Å². The van der Waals surface area contributed by atoms with Gasteiger partial charge in [-0.2, -0.15) is 26.3 Å². The van der Waals surface area contributed by atoms with Gasteiger partial charge in [0.05, 0.1) is 0 Å². The fourth-order valence-corrected chi connectivity index (χ4v) is 5.06. The molecule has 11 heteroatoms. The molecule has 2 aromatic carbocycles. The van der Waals surface area contributed by atoms with Crippen LogP contribution in [-0.4, -0.2) is 46.0 Å². The van der Waals surface area contributed by atoms with Crippen LogP contribution in [0.15, 0.2) is 65.5 Å². The van der Waals surface area contributed by atoms with Crippen LogP contribution in [-0.2, 0) is 18.6 Å². The number of aromatic nitrogens is 1. The Hall–Kier alpha value is -3.31. The second-order valence-electron chi connectivity index (χ2n) is 9.58. The molecule has 0 saturated carbocycles. The molecule has 196 valence electrons. The Bertz CT molecular complexity index is 1330. The molecule has 0 radical (unpaired) electrons. The highest BCUT2D eigenvalue weighted by Crippen LogP contribution is 2.50. The van der Waals surface area contributed by atoms with Crippen molar-refractivity contribution in [2.24, 2.45) is 0 Å². The summed E-state index contributed by atoms with van der Waals surface area (Å²) >= 11 is 0. The Kier molecular flexibility index (Phi) is 5.91. The summed E-state index contributed by atoms with van der Waals surface area (Å²) in [6.07, 6.45) is -10.3. The van der Waals surface area contributed by atoms with Crippen LogP contribution >= 0.6 is 0 Å². The molecule has 1 saturated heterocycles. The standard InChI is InChI=1S/C26H22F6N2O3/c27-25(28,29)24(36,26(30,31)32)20-8-5-18(6-9-20)17-3-1-16(2-4-17)14-34-12-11-23(15-34)13-19-7-10-21(35)33-22(19)37-23/h1-10,36H,11-15H2,(H,33,35). The number of nitrogens with zero attached hydrogens (tertiary/aromatic N) is 1. The van der Waals surface area contributed by atoms with Crippen molar-refractivity contribution in [1.82, 2.24) is 9.88 Å². The number of aliphatic hydroxyl groups is 1. The highest BCUT2D eigenvalue weighted by molar-refractivity contribution is 5.64. The molecular formula is C26H22F6N2O3. The Morgan fingerprint density at radius 2 is 1.49 bits per heavy atom. The van der Waals surface area contributed by atoms with E-state index >= 15 is 0 Å². The number of alkyl halides is 6. The van der Waals surface area contributed by atoms with E-state index in [1.54, 1.807) is 18.2 Å². The fourth-order valence-electron chi connectivity index (χ4n) is 5.06. The van der Waals surface area contributed by atoms with Crippen molar-refractivity contribution in [3.63, 3.8) is 0 Å². The molecule has 3 heterocycles. The molecule has 1 fully saturated rings. The predicted molar refractivity (Wildman–Crippen MR) is 122 cm³/mol. The first-order chi connectivity index (χ1) is 17.3. The van der Waals surface area contributed by atoms with Crippen LogP contribution in [0.1, 0.15) is 23.1 Å². The molecule has 2 aliphatic rings. The number of likely N-dealkylation sites (tertiary alicyclic amines) is 1. The number of benzene rings is 2. The van der Waals surface area contributed by atoms with Crippen molar-refractivity contribution in [3.8, 4) is 17.0 Å². The van der Waals surface area contributed by atoms with E-state index < -0.39 is 23.5 Å². The number of nitrogens with one attached hydrogen (secondary N) is 1. The van der Waals surface area contributed by atoms with Gasteiger partial charge >= 0.3 is 12.4 Å². The van der Waals surface area contributed by atoms with Crippen LogP contribution in [0, 0.1) is 0 Å². The number of rotatable bonds is 4. The van der Waals surface area contributed by atoms with Crippen molar-refractivity contribution in [2.45, 2.75) is 42.9 Å². The quantitative estimate of drug-likeness (QED) is 0.475. The highest BCUT2D eigenvalue weighted by atomic mass is 19.4. The molecule has 37 heavy (non-hydrogen) atoms. The third-order valence-electron chi connectivity index (χ3n) is 7.01. The maximum atomic E-state index is 13.1. The van der Waals surface area contributed by atoms with Gasteiger partial charge in [0.2, 0.25) is 0 Å². The zero-order valence-electron chi connectivity index (χ0n) is 19.3. The van der Waals surface area contributed by atoms with Gasteiger partial charge in [0.15, 0.2) is 5.88 Å². The molecule has 1 aromatic heterocycles. The first-order valence-electron chi connectivity index (χ1n) is 11.5. The van der Waals surface area contributed by atoms with Crippen LogP contribution < -0.4 is 10.3 Å².